The van der Waals surface area contributed by atoms with Crippen LogP contribution in [0.4, 0.5) is 0 Å². The lowest BCUT2D eigenvalue weighted by Crippen LogP contribution is -2.50. The Morgan fingerprint density at radius 1 is 1.10 bits per heavy atom. The first-order chi connectivity index (χ1) is 14.3. The second-order valence-electron chi connectivity index (χ2n) is 7.42. The summed E-state index contributed by atoms with van der Waals surface area (Å²) in [7, 11) is 0. The Bertz CT molecular complexity index is 852. The van der Waals surface area contributed by atoms with Crippen LogP contribution in [0.2, 0.25) is 5.02 Å². The number of amides is 2. The van der Waals surface area contributed by atoms with E-state index < -0.39 is 6.04 Å². The number of benzene rings is 2. The number of ether oxygens (including phenoxy) is 1. The maximum absolute atomic E-state index is 13.1. The minimum absolute atomic E-state index is 0.130. The summed E-state index contributed by atoms with van der Waals surface area (Å²) in [4.78, 5) is 27.5. The predicted molar refractivity (Wildman–Crippen MR) is 121 cm³/mol. The molecule has 0 saturated carbocycles. The van der Waals surface area contributed by atoms with Crippen molar-refractivity contribution in [2.45, 2.75) is 53.1 Å². The Morgan fingerprint density at radius 2 is 1.80 bits per heavy atom. The summed E-state index contributed by atoms with van der Waals surface area (Å²) >= 11 is 5.99. The molecule has 2 aromatic carbocycles. The van der Waals surface area contributed by atoms with Gasteiger partial charge in [0.25, 0.3) is 5.91 Å². The summed E-state index contributed by atoms with van der Waals surface area (Å²) in [5.41, 5.74) is 3.01. The monoisotopic (exact) mass is 430 g/mol. The number of carbonyl (C=O) groups excluding carboxylic acids is 2. The van der Waals surface area contributed by atoms with Gasteiger partial charge in [0, 0.05) is 18.1 Å². The summed E-state index contributed by atoms with van der Waals surface area (Å²) in [5.74, 6) is 0.292. The molecular formula is C24H31ClN2O3. The van der Waals surface area contributed by atoms with Crippen molar-refractivity contribution in [1.82, 2.24) is 10.2 Å². The van der Waals surface area contributed by atoms with Crippen LogP contribution in [0.15, 0.2) is 42.5 Å². The van der Waals surface area contributed by atoms with E-state index in [1.54, 1.807) is 17.0 Å². The largest absolute Gasteiger partial charge is 0.483 e. The zero-order valence-electron chi connectivity index (χ0n) is 18.2. The van der Waals surface area contributed by atoms with Crippen molar-refractivity contribution in [2.24, 2.45) is 0 Å². The number of halogens is 1. The van der Waals surface area contributed by atoms with Gasteiger partial charge in [-0.25, -0.2) is 0 Å². The molecule has 0 aliphatic rings. The first-order valence-corrected chi connectivity index (χ1v) is 10.7. The molecule has 0 radical (unpaired) electrons. The van der Waals surface area contributed by atoms with Crippen LogP contribution in [0.1, 0.15) is 43.4 Å². The highest BCUT2D eigenvalue weighted by atomic mass is 35.5. The van der Waals surface area contributed by atoms with Gasteiger partial charge in [0.1, 0.15) is 11.8 Å². The number of aryl methyl sites for hydroxylation is 2. The number of nitrogens with zero attached hydrogens (tertiary/aromatic N) is 1. The Balaban J connectivity index is 2.20. The van der Waals surface area contributed by atoms with Gasteiger partial charge in [-0.3, -0.25) is 9.59 Å². The average molecular weight is 431 g/mol. The number of hydrogen-bond donors (Lipinski definition) is 1. The number of rotatable bonds is 10. The SMILES string of the molecule is CCCNC(=O)[C@H](CC)N(Cc1ccc(Cl)cc1)C(=O)COc1ccc(C)cc1C. The molecule has 6 heteroatoms. The highest BCUT2D eigenvalue weighted by Crippen LogP contribution is 2.20. The zero-order valence-corrected chi connectivity index (χ0v) is 19.0. The minimum Gasteiger partial charge on any atom is -0.483 e. The van der Waals surface area contributed by atoms with Crippen molar-refractivity contribution in [3.63, 3.8) is 0 Å². The van der Waals surface area contributed by atoms with E-state index in [4.69, 9.17) is 16.3 Å². The molecule has 30 heavy (non-hydrogen) atoms. The van der Waals surface area contributed by atoms with Crippen molar-refractivity contribution in [1.29, 1.82) is 0 Å². The fraction of sp³-hybridized carbons (Fsp3) is 0.417. The smallest absolute Gasteiger partial charge is 0.261 e. The molecule has 1 atom stereocenters. The Hall–Kier alpha value is -2.53. The van der Waals surface area contributed by atoms with Crippen molar-refractivity contribution >= 4 is 23.4 Å². The molecule has 0 aliphatic heterocycles. The van der Waals surface area contributed by atoms with Crippen molar-refractivity contribution < 1.29 is 14.3 Å². The second-order valence-corrected chi connectivity index (χ2v) is 7.86. The highest BCUT2D eigenvalue weighted by molar-refractivity contribution is 6.30. The third-order valence-corrected chi connectivity index (χ3v) is 5.13. The Kier molecular flexibility index (Phi) is 9.18. The average Bonchev–Trinajstić information content (AvgIpc) is 2.72. The van der Waals surface area contributed by atoms with Crippen LogP contribution in [0.5, 0.6) is 5.75 Å². The van der Waals surface area contributed by atoms with Gasteiger partial charge >= 0.3 is 0 Å². The van der Waals surface area contributed by atoms with Crippen LogP contribution in [0.3, 0.4) is 0 Å². The van der Waals surface area contributed by atoms with Crippen LogP contribution in [0.25, 0.3) is 0 Å². The summed E-state index contributed by atoms with van der Waals surface area (Å²) in [5, 5.41) is 3.54. The van der Waals surface area contributed by atoms with Gasteiger partial charge < -0.3 is 15.0 Å². The minimum atomic E-state index is -0.567. The molecule has 0 spiro atoms. The van der Waals surface area contributed by atoms with Crippen molar-refractivity contribution in [2.75, 3.05) is 13.2 Å². The van der Waals surface area contributed by atoms with Crippen LogP contribution in [0, 0.1) is 13.8 Å². The molecule has 2 amide bonds. The predicted octanol–water partition coefficient (Wildman–Crippen LogP) is 4.67. The van der Waals surface area contributed by atoms with E-state index in [1.165, 1.54) is 0 Å². The van der Waals surface area contributed by atoms with Crippen LogP contribution >= 0.6 is 11.6 Å². The highest BCUT2D eigenvalue weighted by Gasteiger charge is 2.28. The van der Waals surface area contributed by atoms with Gasteiger partial charge in [-0.05, 0) is 56.0 Å². The van der Waals surface area contributed by atoms with E-state index in [-0.39, 0.29) is 18.4 Å². The van der Waals surface area contributed by atoms with Gasteiger partial charge in [-0.1, -0.05) is 55.3 Å². The number of nitrogens with one attached hydrogen (secondary N) is 1. The first-order valence-electron chi connectivity index (χ1n) is 10.4. The van der Waals surface area contributed by atoms with Gasteiger partial charge in [0.05, 0.1) is 0 Å². The Labute approximate surface area is 184 Å². The zero-order chi connectivity index (χ0) is 22.1. The summed E-state index contributed by atoms with van der Waals surface area (Å²) in [6, 6.07) is 12.6. The molecule has 1 N–H and O–H groups in total. The lowest BCUT2D eigenvalue weighted by atomic mass is 10.1. The van der Waals surface area contributed by atoms with Gasteiger partial charge in [0.2, 0.25) is 5.91 Å². The molecule has 5 nitrogen and oxygen atoms in total. The van der Waals surface area contributed by atoms with E-state index in [9.17, 15) is 9.59 Å². The second kappa shape index (κ2) is 11.6. The molecule has 0 unspecified atom stereocenters. The number of hydrogen-bond acceptors (Lipinski definition) is 3. The maximum Gasteiger partial charge on any atom is 0.261 e. The van der Waals surface area contributed by atoms with E-state index in [2.05, 4.69) is 5.32 Å². The van der Waals surface area contributed by atoms with Crippen LogP contribution in [-0.2, 0) is 16.1 Å². The van der Waals surface area contributed by atoms with Crippen molar-refractivity contribution in [3.05, 3.63) is 64.2 Å². The van der Waals surface area contributed by atoms with Crippen LogP contribution in [-0.4, -0.2) is 35.9 Å². The summed E-state index contributed by atoms with van der Waals surface area (Å²) < 4.78 is 5.80. The topological polar surface area (TPSA) is 58.6 Å². The lowest BCUT2D eigenvalue weighted by molar-refractivity contribution is -0.143. The maximum atomic E-state index is 13.1. The molecule has 162 valence electrons. The molecule has 0 saturated heterocycles. The van der Waals surface area contributed by atoms with Crippen molar-refractivity contribution in [3.8, 4) is 5.75 Å². The van der Waals surface area contributed by atoms with E-state index in [1.807, 2.05) is 58.0 Å². The van der Waals surface area contributed by atoms with Gasteiger partial charge in [-0.2, -0.15) is 0 Å². The quantitative estimate of drug-likeness (QED) is 0.595. The first kappa shape index (κ1) is 23.7. The molecule has 0 aromatic heterocycles. The molecule has 0 aliphatic carbocycles. The molecule has 0 fully saturated rings. The van der Waals surface area contributed by atoms with E-state index >= 15 is 0 Å². The summed E-state index contributed by atoms with van der Waals surface area (Å²) in [6.45, 7) is 8.62. The molecule has 0 heterocycles. The normalized spacial score (nSPS) is 11.6. The lowest BCUT2D eigenvalue weighted by Gasteiger charge is -2.30. The van der Waals surface area contributed by atoms with Gasteiger partial charge in [0.15, 0.2) is 6.61 Å². The van der Waals surface area contributed by atoms with E-state index in [0.29, 0.717) is 30.3 Å². The molecule has 0 bridgehead atoms. The fourth-order valence-electron chi connectivity index (χ4n) is 3.26. The third kappa shape index (κ3) is 6.77. The van der Waals surface area contributed by atoms with Gasteiger partial charge in [-0.15, -0.1) is 0 Å². The number of carbonyl (C=O) groups is 2. The Morgan fingerprint density at radius 3 is 2.40 bits per heavy atom. The fourth-order valence-corrected chi connectivity index (χ4v) is 3.38. The van der Waals surface area contributed by atoms with Crippen LogP contribution < -0.4 is 10.1 Å². The summed E-state index contributed by atoms with van der Waals surface area (Å²) in [6.07, 6.45) is 1.35. The molecule has 2 rings (SSSR count). The third-order valence-electron chi connectivity index (χ3n) is 4.88. The standard InChI is InChI=1S/C24H31ClN2O3/c1-5-13-26-24(29)21(6-2)27(15-19-8-10-20(25)11-9-19)23(28)16-30-22-12-7-17(3)14-18(22)4/h7-12,14,21H,5-6,13,15-16H2,1-4H3,(H,26,29)/t21-/m0/s1. The molecular weight excluding hydrogens is 400 g/mol. The van der Waals surface area contributed by atoms with E-state index in [0.717, 1.165) is 23.1 Å². The molecule has 2 aromatic rings.